The Kier molecular flexibility index (Phi) is 18.2. The van der Waals surface area contributed by atoms with Gasteiger partial charge in [0.25, 0.3) is 0 Å². The summed E-state index contributed by atoms with van der Waals surface area (Å²) in [6.45, 7) is 11.2. The van der Waals surface area contributed by atoms with Crippen LogP contribution in [0.2, 0.25) is 0 Å². The molecule has 0 saturated heterocycles. The van der Waals surface area contributed by atoms with Crippen molar-refractivity contribution in [3.8, 4) is 37.8 Å². The molecule has 0 bridgehead atoms. The molecule has 2 aromatic heterocycles. The first-order chi connectivity index (χ1) is 41.9. The lowest BCUT2D eigenvalue weighted by Crippen LogP contribution is -2.09. The summed E-state index contributed by atoms with van der Waals surface area (Å²) >= 11 is 2.21. The van der Waals surface area contributed by atoms with E-state index in [9.17, 15) is 9.90 Å². The van der Waals surface area contributed by atoms with Crippen LogP contribution >= 0.6 is 23.1 Å². The number of hydrogen-bond donors (Lipinski definition) is 1. The number of aromatic carboxylic acids is 1. The maximum absolute atomic E-state index is 16.8. The van der Waals surface area contributed by atoms with Gasteiger partial charge in [-0.25, -0.2) is 13.6 Å². The standard InChI is InChI=1S/C75H66F2N4O3S2/c1-6-7-8-9-10-11-46-84-74-57(26-20-53-22-40-64(41-23-53)80(60-32-12-49(2)13-33-60)61-34-14-50(3)15-35-61)47-59(48-58(74)27-21-54-24-42-65(43-25-54)81(62-36-16-51(4)17-37-62)63-38-18-52(5)19-39-63)66-44-45-67(85-66)69-71(77)70(76)68(72-73(69)79-86-78-72)55-28-30-56(31-29-55)75(82)83/h12-45,47-48H,6-11,46H2,1-5H3,(H,82,83)/b26-20+,27-21+. The molecule has 1 N–H and O–H groups in total. The number of nitrogens with zero attached hydrogens (tertiary/aromatic N) is 4. The van der Waals surface area contributed by atoms with E-state index in [1.54, 1.807) is 0 Å². The number of carboxylic acid groups (broad SMARTS) is 1. The number of unbranched alkanes of at least 4 members (excludes halogenated alkanes) is 5. The third kappa shape index (κ3) is 13.3. The molecule has 0 saturated carbocycles. The highest BCUT2D eigenvalue weighted by molar-refractivity contribution is 7.19. The third-order valence-corrected chi connectivity index (χ3v) is 17.1. The minimum Gasteiger partial charge on any atom is -0.492 e. The number of benzene rings is 9. The van der Waals surface area contributed by atoms with Gasteiger partial charge in [-0.15, -0.1) is 11.3 Å². The van der Waals surface area contributed by atoms with Crippen molar-refractivity contribution in [2.45, 2.75) is 73.1 Å². The van der Waals surface area contributed by atoms with Gasteiger partial charge in [-0.2, -0.15) is 8.75 Å². The fourth-order valence-electron chi connectivity index (χ4n) is 10.6. The summed E-state index contributed by atoms with van der Waals surface area (Å²) in [5.41, 5.74) is 16.4. The highest BCUT2D eigenvalue weighted by atomic mass is 32.1. The fraction of sp³-hybridized carbons (Fsp3) is 0.160. The summed E-state index contributed by atoms with van der Waals surface area (Å²) in [5, 5.41) is 9.52. The van der Waals surface area contributed by atoms with E-state index in [1.165, 1.54) is 77.1 Å². The van der Waals surface area contributed by atoms with E-state index in [4.69, 9.17) is 4.74 Å². The van der Waals surface area contributed by atoms with Crippen LogP contribution in [-0.2, 0) is 0 Å². The second-order valence-electron chi connectivity index (χ2n) is 21.8. The molecule has 0 amide bonds. The molecule has 0 atom stereocenters. The van der Waals surface area contributed by atoms with Crippen LogP contribution in [0.15, 0.2) is 194 Å². The Labute approximate surface area is 510 Å². The van der Waals surface area contributed by atoms with Crippen molar-refractivity contribution in [3.63, 3.8) is 0 Å². The number of ether oxygens (including phenoxy) is 1. The van der Waals surface area contributed by atoms with Crippen LogP contribution in [0.5, 0.6) is 5.75 Å². The molecule has 0 radical (unpaired) electrons. The molecule has 0 spiro atoms. The number of fused-ring (bicyclic) bond motifs is 1. The van der Waals surface area contributed by atoms with Gasteiger partial charge in [-0.3, -0.25) is 0 Å². The minimum absolute atomic E-state index is 0.0195. The number of thiophene rings is 1. The van der Waals surface area contributed by atoms with Crippen molar-refractivity contribution in [1.29, 1.82) is 0 Å². The Hall–Kier alpha value is -9.29. The Bertz CT molecular complexity index is 3930. The van der Waals surface area contributed by atoms with Gasteiger partial charge in [0.1, 0.15) is 16.8 Å². The first kappa shape index (κ1) is 58.5. The Morgan fingerprint density at radius 3 is 1.31 bits per heavy atom. The monoisotopic (exact) mass is 1170 g/mol. The van der Waals surface area contributed by atoms with E-state index in [1.807, 2.05) is 12.1 Å². The number of rotatable bonds is 22. The fourth-order valence-corrected chi connectivity index (χ4v) is 12.2. The highest BCUT2D eigenvalue weighted by Crippen LogP contribution is 2.45. The zero-order chi connectivity index (χ0) is 59.7. The molecule has 430 valence electrons. The van der Waals surface area contributed by atoms with E-state index in [0.29, 0.717) is 17.0 Å². The second kappa shape index (κ2) is 26.7. The molecule has 11 aromatic rings. The highest BCUT2D eigenvalue weighted by Gasteiger charge is 2.27. The van der Waals surface area contributed by atoms with E-state index in [-0.39, 0.29) is 27.7 Å². The summed E-state index contributed by atoms with van der Waals surface area (Å²) < 4.78 is 49.2. The smallest absolute Gasteiger partial charge is 0.335 e. The zero-order valence-electron chi connectivity index (χ0n) is 48.9. The lowest BCUT2D eigenvalue weighted by atomic mass is 9.98. The van der Waals surface area contributed by atoms with Crippen LogP contribution in [0, 0.1) is 39.3 Å². The van der Waals surface area contributed by atoms with E-state index in [0.717, 1.165) is 104 Å². The molecule has 2 heterocycles. The molecule has 7 nitrogen and oxygen atoms in total. The van der Waals surface area contributed by atoms with E-state index < -0.39 is 17.6 Å². The maximum atomic E-state index is 16.8. The zero-order valence-corrected chi connectivity index (χ0v) is 50.5. The van der Waals surface area contributed by atoms with Crippen LogP contribution in [0.1, 0.15) is 100 Å². The number of hydrogen-bond acceptors (Lipinski definition) is 8. The molecule has 0 fully saturated rings. The van der Waals surface area contributed by atoms with Gasteiger partial charge in [0, 0.05) is 60.6 Å². The summed E-state index contributed by atoms with van der Waals surface area (Å²) in [7, 11) is 0. The predicted octanol–water partition coefficient (Wildman–Crippen LogP) is 22.0. The van der Waals surface area contributed by atoms with Gasteiger partial charge >= 0.3 is 5.97 Å². The molecule has 9 aromatic carbocycles. The molecule has 11 rings (SSSR count). The van der Waals surface area contributed by atoms with Gasteiger partial charge in [0.2, 0.25) is 0 Å². The first-order valence-electron chi connectivity index (χ1n) is 29.2. The topological polar surface area (TPSA) is 78.8 Å². The van der Waals surface area contributed by atoms with E-state index >= 15 is 8.78 Å². The summed E-state index contributed by atoms with van der Waals surface area (Å²) in [4.78, 5) is 17.5. The second-order valence-corrected chi connectivity index (χ2v) is 23.5. The average molecular weight is 1170 g/mol. The van der Waals surface area contributed by atoms with Crippen LogP contribution in [0.4, 0.5) is 42.9 Å². The maximum Gasteiger partial charge on any atom is 0.335 e. The molecular weight excluding hydrogens is 1110 g/mol. The third-order valence-electron chi connectivity index (χ3n) is 15.4. The van der Waals surface area contributed by atoms with Gasteiger partial charge in [-0.1, -0.05) is 171 Å². The summed E-state index contributed by atoms with van der Waals surface area (Å²) in [5.74, 6) is -2.52. The minimum atomic E-state index is -1.12. The SMILES string of the molecule is CCCCCCCCOc1c(/C=C/c2ccc(N(c3ccc(C)cc3)c3ccc(C)cc3)cc2)cc(-c2ccc(-c3c(F)c(F)c(-c4ccc(C(=O)O)cc4)c4nsnc34)s2)cc1/C=C/c1ccc(N(c2ccc(C)cc2)c2ccc(C)cc2)cc1. The Balaban J connectivity index is 0.995. The Morgan fingerprint density at radius 1 is 0.477 bits per heavy atom. The predicted molar refractivity (Wildman–Crippen MR) is 356 cm³/mol. The van der Waals surface area contributed by atoms with Crippen LogP contribution in [0.3, 0.4) is 0 Å². The van der Waals surface area contributed by atoms with Gasteiger partial charge in [0.05, 0.1) is 29.5 Å². The number of anilines is 6. The molecule has 0 aliphatic heterocycles. The van der Waals surface area contributed by atoms with E-state index in [2.05, 4.69) is 235 Å². The van der Waals surface area contributed by atoms with Crippen molar-refractivity contribution >= 4 is 98.5 Å². The molecule has 0 unspecified atom stereocenters. The molecule has 0 aliphatic carbocycles. The summed E-state index contributed by atoms with van der Waals surface area (Å²) in [6.07, 6.45) is 15.2. The van der Waals surface area contributed by atoms with Crippen molar-refractivity contribution in [3.05, 3.63) is 256 Å². The van der Waals surface area contributed by atoms with Gasteiger partial charge in [-0.05, 0) is 166 Å². The number of aryl methyl sites for hydroxylation is 4. The first-order valence-corrected chi connectivity index (χ1v) is 30.8. The number of carbonyl (C=O) groups is 1. The van der Waals surface area contributed by atoms with Gasteiger partial charge in [0.15, 0.2) is 11.6 Å². The lowest BCUT2D eigenvalue weighted by Gasteiger charge is -2.26. The number of aromatic nitrogens is 2. The number of carboxylic acids is 1. The van der Waals surface area contributed by atoms with Crippen molar-refractivity contribution in [2.24, 2.45) is 0 Å². The largest absolute Gasteiger partial charge is 0.492 e. The van der Waals surface area contributed by atoms with Crippen LogP contribution < -0.4 is 14.5 Å². The quantitative estimate of drug-likeness (QED) is 0.0535. The molecular formula is C75H66F2N4O3S2. The van der Waals surface area contributed by atoms with Crippen LogP contribution in [0.25, 0.3) is 67.3 Å². The number of halogens is 2. The van der Waals surface area contributed by atoms with Crippen molar-refractivity contribution < 1.29 is 23.4 Å². The molecule has 86 heavy (non-hydrogen) atoms. The normalized spacial score (nSPS) is 11.5. The Morgan fingerprint density at radius 2 is 0.872 bits per heavy atom. The molecule has 0 aliphatic rings. The van der Waals surface area contributed by atoms with Crippen LogP contribution in [-0.4, -0.2) is 26.4 Å². The average Bonchev–Trinajstić information content (AvgIpc) is 1.97. The summed E-state index contributed by atoms with van der Waals surface area (Å²) in [6, 6.07) is 65.1. The molecule has 11 heteroatoms. The lowest BCUT2D eigenvalue weighted by molar-refractivity contribution is 0.0697. The van der Waals surface area contributed by atoms with Crippen molar-refractivity contribution in [2.75, 3.05) is 16.4 Å². The van der Waals surface area contributed by atoms with Crippen molar-refractivity contribution in [1.82, 2.24) is 8.75 Å². The van der Waals surface area contributed by atoms with Gasteiger partial charge < -0.3 is 19.6 Å².